The third kappa shape index (κ3) is 2.56. The number of hydrogen-bond acceptors (Lipinski definition) is 5. The fourth-order valence-corrected chi connectivity index (χ4v) is 3.00. The van der Waals surface area contributed by atoms with Crippen molar-refractivity contribution < 1.29 is 0 Å². The first-order chi connectivity index (χ1) is 9.63. The minimum atomic E-state index is 0.310. The monoisotopic (exact) mass is 274 g/mol. The molecule has 20 heavy (non-hydrogen) atoms. The predicted octanol–water partition coefficient (Wildman–Crippen LogP) is 1.82. The van der Waals surface area contributed by atoms with Gasteiger partial charge in [-0.3, -0.25) is 0 Å². The van der Waals surface area contributed by atoms with Crippen molar-refractivity contribution in [1.82, 2.24) is 19.9 Å². The van der Waals surface area contributed by atoms with Crippen molar-refractivity contribution in [2.75, 3.05) is 25.1 Å². The highest BCUT2D eigenvalue weighted by molar-refractivity contribution is 5.88. The molecule has 1 aliphatic rings. The molecule has 1 fully saturated rings. The van der Waals surface area contributed by atoms with E-state index in [1.807, 2.05) is 12.3 Å². The number of anilines is 2. The van der Waals surface area contributed by atoms with Crippen molar-refractivity contribution in [3.05, 3.63) is 12.3 Å². The average molecular weight is 274 g/mol. The SMILES string of the molecule is CN(C)C1CCC(Nc2nc(N)nc3[nH]ccc23)CC1. The Morgan fingerprint density at radius 1 is 1.25 bits per heavy atom. The number of H-pyrrole nitrogens is 1. The number of hydrogen-bond donors (Lipinski definition) is 3. The fraction of sp³-hybridized carbons (Fsp3) is 0.571. The molecule has 4 N–H and O–H groups in total. The topological polar surface area (TPSA) is 82.9 Å². The first kappa shape index (κ1) is 13.2. The van der Waals surface area contributed by atoms with E-state index < -0.39 is 0 Å². The van der Waals surface area contributed by atoms with Crippen LogP contribution in [0.1, 0.15) is 25.7 Å². The van der Waals surface area contributed by atoms with Gasteiger partial charge >= 0.3 is 0 Å². The number of aromatic amines is 1. The predicted molar refractivity (Wildman–Crippen MR) is 81.7 cm³/mol. The summed E-state index contributed by atoms with van der Waals surface area (Å²) in [4.78, 5) is 13.9. The molecule has 0 spiro atoms. The largest absolute Gasteiger partial charge is 0.368 e. The first-order valence-corrected chi connectivity index (χ1v) is 7.17. The maximum atomic E-state index is 5.76. The summed E-state index contributed by atoms with van der Waals surface area (Å²) in [6.07, 6.45) is 6.65. The van der Waals surface area contributed by atoms with E-state index in [4.69, 9.17) is 5.73 Å². The molecule has 6 heteroatoms. The molecule has 0 bridgehead atoms. The summed E-state index contributed by atoms with van der Waals surface area (Å²) >= 11 is 0. The van der Waals surface area contributed by atoms with E-state index in [0.29, 0.717) is 18.0 Å². The van der Waals surface area contributed by atoms with Gasteiger partial charge in [-0.15, -0.1) is 0 Å². The van der Waals surface area contributed by atoms with Crippen LogP contribution in [0.3, 0.4) is 0 Å². The van der Waals surface area contributed by atoms with Gasteiger partial charge in [-0.05, 0) is 45.8 Å². The Morgan fingerprint density at radius 2 is 2.00 bits per heavy atom. The summed E-state index contributed by atoms with van der Waals surface area (Å²) in [5.74, 6) is 1.16. The maximum absolute atomic E-state index is 5.76. The Bertz CT molecular complexity index is 582. The average Bonchev–Trinajstić information content (AvgIpc) is 2.87. The zero-order chi connectivity index (χ0) is 14.1. The van der Waals surface area contributed by atoms with Gasteiger partial charge in [0.25, 0.3) is 0 Å². The van der Waals surface area contributed by atoms with Gasteiger partial charge in [0, 0.05) is 18.3 Å². The zero-order valence-corrected chi connectivity index (χ0v) is 12.1. The summed E-state index contributed by atoms with van der Waals surface area (Å²) in [5.41, 5.74) is 6.56. The van der Waals surface area contributed by atoms with Crippen molar-refractivity contribution >= 4 is 22.8 Å². The fourth-order valence-electron chi connectivity index (χ4n) is 3.00. The Morgan fingerprint density at radius 3 is 2.70 bits per heavy atom. The molecular weight excluding hydrogens is 252 g/mol. The van der Waals surface area contributed by atoms with Crippen LogP contribution in [0.15, 0.2) is 12.3 Å². The van der Waals surface area contributed by atoms with Crippen LogP contribution < -0.4 is 11.1 Å². The lowest BCUT2D eigenvalue weighted by atomic mass is 9.90. The summed E-state index contributed by atoms with van der Waals surface area (Å²) in [6.45, 7) is 0. The molecule has 2 aromatic heterocycles. The third-order valence-electron chi connectivity index (χ3n) is 4.20. The lowest BCUT2D eigenvalue weighted by Gasteiger charge is -2.33. The molecule has 1 aliphatic carbocycles. The normalized spacial score (nSPS) is 23.4. The molecule has 0 aliphatic heterocycles. The van der Waals surface area contributed by atoms with Crippen LogP contribution in [0.5, 0.6) is 0 Å². The number of fused-ring (bicyclic) bond motifs is 1. The lowest BCUT2D eigenvalue weighted by Crippen LogP contribution is -2.36. The smallest absolute Gasteiger partial charge is 0.223 e. The second-order valence-corrected chi connectivity index (χ2v) is 5.78. The van der Waals surface area contributed by atoms with Crippen molar-refractivity contribution in [2.24, 2.45) is 0 Å². The highest BCUT2D eigenvalue weighted by atomic mass is 15.1. The van der Waals surface area contributed by atoms with Crippen LogP contribution in [0, 0.1) is 0 Å². The molecule has 2 heterocycles. The lowest BCUT2D eigenvalue weighted by molar-refractivity contribution is 0.221. The van der Waals surface area contributed by atoms with Crippen LogP contribution in [0.25, 0.3) is 11.0 Å². The Labute approximate surface area is 118 Å². The van der Waals surface area contributed by atoms with E-state index in [1.165, 1.54) is 25.7 Å². The van der Waals surface area contributed by atoms with Gasteiger partial charge < -0.3 is 20.9 Å². The molecule has 1 saturated carbocycles. The minimum Gasteiger partial charge on any atom is -0.368 e. The summed E-state index contributed by atoms with van der Waals surface area (Å²) < 4.78 is 0. The molecule has 0 unspecified atom stereocenters. The molecule has 0 atom stereocenters. The van der Waals surface area contributed by atoms with E-state index in [2.05, 4.69) is 39.3 Å². The van der Waals surface area contributed by atoms with Crippen LogP contribution >= 0.6 is 0 Å². The standard InChI is InChI=1S/C14H22N6/c1-20(2)10-5-3-9(4-6-10)17-13-11-7-8-16-12(11)18-14(15)19-13/h7-10H,3-6H2,1-2H3,(H4,15,16,17,18,19). The molecule has 3 rings (SSSR count). The van der Waals surface area contributed by atoms with Crippen molar-refractivity contribution in [2.45, 2.75) is 37.8 Å². The van der Waals surface area contributed by atoms with Gasteiger partial charge in [0.15, 0.2) is 0 Å². The van der Waals surface area contributed by atoms with Gasteiger partial charge in [0.1, 0.15) is 11.5 Å². The maximum Gasteiger partial charge on any atom is 0.223 e. The quantitative estimate of drug-likeness (QED) is 0.795. The Balaban J connectivity index is 1.73. The molecule has 2 aromatic rings. The molecule has 0 radical (unpaired) electrons. The van der Waals surface area contributed by atoms with Gasteiger partial charge in [-0.25, -0.2) is 0 Å². The van der Waals surface area contributed by atoms with Crippen LogP contribution in [-0.2, 0) is 0 Å². The summed E-state index contributed by atoms with van der Waals surface area (Å²) in [7, 11) is 4.32. The van der Waals surface area contributed by atoms with E-state index in [-0.39, 0.29) is 0 Å². The van der Waals surface area contributed by atoms with Crippen molar-refractivity contribution in [1.29, 1.82) is 0 Å². The summed E-state index contributed by atoms with van der Waals surface area (Å²) in [5, 5.41) is 4.55. The van der Waals surface area contributed by atoms with Gasteiger partial charge in [0.2, 0.25) is 5.95 Å². The third-order valence-corrected chi connectivity index (χ3v) is 4.20. The van der Waals surface area contributed by atoms with E-state index in [0.717, 1.165) is 16.9 Å². The number of aromatic nitrogens is 3. The number of nitrogens with one attached hydrogen (secondary N) is 2. The van der Waals surface area contributed by atoms with Crippen LogP contribution in [0.4, 0.5) is 11.8 Å². The van der Waals surface area contributed by atoms with E-state index >= 15 is 0 Å². The summed E-state index contributed by atoms with van der Waals surface area (Å²) in [6, 6.07) is 3.16. The second-order valence-electron chi connectivity index (χ2n) is 5.78. The minimum absolute atomic E-state index is 0.310. The molecule has 0 saturated heterocycles. The highest BCUT2D eigenvalue weighted by Gasteiger charge is 2.23. The second kappa shape index (κ2) is 5.28. The van der Waals surface area contributed by atoms with Gasteiger partial charge in [-0.1, -0.05) is 0 Å². The zero-order valence-electron chi connectivity index (χ0n) is 12.1. The molecule has 0 aromatic carbocycles. The van der Waals surface area contributed by atoms with Crippen LogP contribution in [0.2, 0.25) is 0 Å². The van der Waals surface area contributed by atoms with Crippen molar-refractivity contribution in [3.8, 4) is 0 Å². The molecule has 6 nitrogen and oxygen atoms in total. The number of nitrogens with zero attached hydrogens (tertiary/aromatic N) is 3. The highest BCUT2D eigenvalue weighted by Crippen LogP contribution is 2.27. The number of nitrogen functional groups attached to an aromatic ring is 1. The number of nitrogens with two attached hydrogens (primary N) is 1. The van der Waals surface area contributed by atoms with Crippen molar-refractivity contribution in [3.63, 3.8) is 0 Å². The Kier molecular flexibility index (Phi) is 3.48. The van der Waals surface area contributed by atoms with Crippen LogP contribution in [-0.4, -0.2) is 46.0 Å². The van der Waals surface area contributed by atoms with E-state index in [9.17, 15) is 0 Å². The number of rotatable bonds is 3. The first-order valence-electron chi connectivity index (χ1n) is 7.17. The van der Waals surface area contributed by atoms with Gasteiger partial charge in [-0.2, -0.15) is 9.97 Å². The van der Waals surface area contributed by atoms with Gasteiger partial charge in [0.05, 0.1) is 5.39 Å². The molecule has 108 valence electrons. The van der Waals surface area contributed by atoms with E-state index in [1.54, 1.807) is 0 Å². The Hall–Kier alpha value is -1.82. The molecule has 0 amide bonds. The molecular formula is C14H22N6.